The fourth-order valence-corrected chi connectivity index (χ4v) is 3.26. The first-order valence-corrected chi connectivity index (χ1v) is 9.00. The summed E-state index contributed by atoms with van der Waals surface area (Å²) < 4.78 is 1.72. The van der Waals surface area contributed by atoms with E-state index >= 15 is 0 Å². The van der Waals surface area contributed by atoms with Gasteiger partial charge in [0, 0.05) is 17.9 Å². The number of nitrogens with one attached hydrogen (secondary N) is 1. The van der Waals surface area contributed by atoms with Crippen molar-refractivity contribution in [2.24, 2.45) is 5.92 Å². The monoisotopic (exact) mass is 350 g/mol. The molecule has 0 saturated heterocycles. The number of anilines is 1. The van der Waals surface area contributed by atoms with Crippen LogP contribution in [-0.4, -0.2) is 20.7 Å². The van der Waals surface area contributed by atoms with E-state index in [4.69, 9.17) is 4.98 Å². The number of rotatable bonds is 4. The molecule has 2 aromatic heterocycles. The summed E-state index contributed by atoms with van der Waals surface area (Å²) in [6.45, 7) is 12.2. The van der Waals surface area contributed by atoms with Crippen LogP contribution in [0.1, 0.15) is 42.7 Å². The summed E-state index contributed by atoms with van der Waals surface area (Å²) in [7, 11) is 0. The number of nitrogens with zero attached hydrogens (tertiary/aromatic N) is 3. The Morgan fingerprint density at radius 1 is 1.08 bits per heavy atom. The molecule has 5 nitrogen and oxygen atoms in total. The molecule has 0 aliphatic carbocycles. The van der Waals surface area contributed by atoms with Crippen molar-refractivity contribution in [3.05, 3.63) is 46.6 Å². The van der Waals surface area contributed by atoms with Gasteiger partial charge in [0.05, 0.1) is 11.2 Å². The molecule has 1 aromatic carbocycles. The molecule has 136 valence electrons. The number of aromatic nitrogens is 3. The third-order valence-corrected chi connectivity index (χ3v) is 4.35. The summed E-state index contributed by atoms with van der Waals surface area (Å²) in [4.78, 5) is 17.1. The summed E-state index contributed by atoms with van der Waals surface area (Å²) in [6, 6.07) is 8.19. The maximum atomic E-state index is 12.2. The average molecular weight is 350 g/mol. The number of fused-ring (bicyclic) bond motifs is 1. The highest BCUT2D eigenvalue weighted by molar-refractivity contribution is 5.90. The van der Waals surface area contributed by atoms with Crippen LogP contribution in [-0.2, 0) is 4.79 Å². The smallest absolute Gasteiger partial charge is 0.225 e. The van der Waals surface area contributed by atoms with E-state index < -0.39 is 0 Å². The van der Waals surface area contributed by atoms with Crippen LogP contribution in [0.25, 0.3) is 16.7 Å². The van der Waals surface area contributed by atoms with Gasteiger partial charge in [-0.15, -0.1) is 0 Å². The predicted molar refractivity (Wildman–Crippen MR) is 106 cm³/mol. The van der Waals surface area contributed by atoms with E-state index in [0.29, 0.717) is 18.2 Å². The maximum Gasteiger partial charge on any atom is 0.225 e. The van der Waals surface area contributed by atoms with Gasteiger partial charge in [-0.25, -0.2) is 4.98 Å². The van der Waals surface area contributed by atoms with Crippen LogP contribution in [0.3, 0.4) is 0 Å². The topological polar surface area (TPSA) is 59.8 Å². The van der Waals surface area contributed by atoms with E-state index in [1.54, 1.807) is 4.68 Å². The molecule has 0 aliphatic rings. The molecule has 0 bridgehead atoms. The highest BCUT2D eigenvalue weighted by Crippen LogP contribution is 2.26. The van der Waals surface area contributed by atoms with Crippen molar-refractivity contribution in [3.63, 3.8) is 0 Å². The van der Waals surface area contributed by atoms with Crippen LogP contribution >= 0.6 is 0 Å². The van der Waals surface area contributed by atoms with E-state index in [1.165, 1.54) is 5.56 Å². The fraction of sp³-hybridized carbons (Fsp3) is 0.381. The largest absolute Gasteiger partial charge is 0.311 e. The zero-order chi connectivity index (χ0) is 19.0. The number of aryl methyl sites for hydroxylation is 4. The van der Waals surface area contributed by atoms with Gasteiger partial charge in [0.15, 0.2) is 5.82 Å². The van der Waals surface area contributed by atoms with Crippen LogP contribution in [0.15, 0.2) is 24.3 Å². The van der Waals surface area contributed by atoms with E-state index in [1.807, 2.05) is 32.9 Å². The molecule has 0 radical (unpaired) electrons. The van der Waals surface area contributed by atoms with Crippen molar-refractivity contribution >= 4 is 22.6 Å². The number of benzene rings is 1. The number of hydrogen-bond donors (Lipinski definition) is 1. The molecule has 0 spiro atoms. The Morgan fingerprint density at radius 2 is 1.81 bits per heavy atom. The predicted octanol–water partition coefficient (Wildman–Crippen LogP) is 4.64. The highest BCUT2D eigenvalue weighted by Gasteiger charge is 2.15. The molecule has 26 heavy (non-hydrogen) atoms. The summed E-state index contributed by atoms with van der Waals surface area (Å²) in [5.41, 5.74) is 5.32. The Morgan fingerprint density at radius 3 is 2.50 bits per heavy atom. The molecule has 0 aliphatic heterocycles. The Balaban J connectivity index is 2.08. The second-order valence-corrected chi connectivity index (χ2v) is 7.50. The molecule has 3 rings (SSSR count). The van der Waals surface area contributed by atoms with Crippen molar-refractivity contribution in [2.45, 2.75) is 48.0 Å². The second-order valence-electron chi connectivity index (χ2n) is 7.50. The van der Waals surface area contributed by atoms with Crippen LogP contribution in [0, 0.1) is 33.6 Å². The quantitative estimate of drug-likeness (QED) is 0.746. The Bertz CT molecular complexity index is 985. The van der Waals surface area contributed by atoms with Crippen molar-refractivity contribution in [1.29, 1.82) is 0 Å². The lowest BCUT2D eigenvalue weighted by Gasteiger charge is -2.13. The van der Waals surface area contributed by atoms with Crippen LogP contribution in [0.2, 0.25) is 0 Å². The third-order valence-electron chi connectivity index (χ3n) is 4.35. The molecule has 1 amide bonds. The minimum Gasteiger partial charge on any atom is -0.311 e. The fourth-order valence-electron chi connectivity index (χ4n) is 3.26. The van der Waals surface area contributed by atoms with Gasteiger partial charge in [0.2, 0.25) is 5.91 Å². The normalized spacial score (nSPS) is 11.3. The first kappa shape index (κ1) is 18.1. The summed E-state index contributed by atoms with van der Waals surface area (Å²) in [5, 5.41) is 8.67. The molecule has 0 saturated carbocycles. The molecule has 1 N–H and O–H groups in total. The van der Waals surface area contributed by atoms with Crippen molar-refractivity contribution in [1.82, 2.24) is 14.8 Å². The van der Waals surface area contributed by atoms with Crippen molar-refractivity contribution in [2.75, 3.05) is 5.32 Å². The second kappa shape index (κ2) is 6.90. The van der Waals surface area contributed by atoms with Crippen molar-refractivity contribution in [3.8, 4) is 5.82 Å². The van der Waals surface area contributed by atoms with Gasteiger partial charge in [-0.2, -0.15) is 9.78 Å². The minimum atomic E-state index is -0.00883. The summed E-state index contributed by atoms with van der Waals surface area (Å²) >= 11 is 0. The highest BCUT2D eigenvalue weighted by atomic mass is 16.1. The van der Waals surface area contributed by atoms with Gasteiger partial charge in [-0.1, -0.05) is 25.5 Å². The summed E-state index contributed by atoms with van der Waals surface area (Å²) in [6.07, 6.45) is 0.479. The number of amides is 1. The molecule has 3 aromatic rings. The lowest BCUT2D eigenvalue weighted by molar-refractivity contribution is -0.116. The maximum absolute atomic E-state index is 12.2. The molecule has 0 unspecified atom stereocenters. The van der Waals surface area contributed by atoms with Crippen LogP contribution < -0.4 is 5.32 Å². The Kier molecular flexibility index (Phi) is 4.81. The van der Waals surface area contributed by atoms with Gasteiger partial charge in [0.1, 0.15) is 5.82 Å². The standard InChI is InChI=1S/C21H26N4O/c1-12(2)7-20(26)22-19-11-16(6)24-25(19)18-10-14(4)17-9-13(3)8-15(5)21(17)23-18/h8-12H,7H2,1-6H3,(H,22,26). The first-order valence-electron chi connectivity index (χ1n) is 9.00. The zero-order valence-electron chi connectivity index (χ0n) is 16.3. The van der Waals surface area contributed by atoms with Crippen LogP contribution in [0.4, 0.5) is 5.82 Å². The van der Waals surface area contributed by atoms with Crippen LogP contribution in [0.5, 0.6) is 0 Å². The minimum absolute atomic E-state index is 0.00883. The number of pyridine rings is 1. The molecular weight excluding hydrogens is 324 g/mol. The average Bonchev–Trinajstić information content (AvgIpc) is 2.87. The first-order chi connectivity index (χ1) is 12.2. The van der Waals surface area contributed by atoms with Gasteiger partial charge < -0.3 is 5.32 Å². The molecule has 0 fully saturated rings. The summed E-state index contributed by atoms with van der Waals surface area (Å²) in [5.74, 6) is 1.67. The van der Waals surface area contributed by atoms with E-state index in [0.717, 1.165) is 33.5 Å². The molecule has 0 atom stereocenters. The zero-order valence-corrected chi connectivity index (χ0v) is 16.3. The Labute approximate surface area is 154 Å². The lowest BCUT2D eigenvalue weighted by Crippen LogP contribution is -2.17. The lowest BCUT2D eigenvalue weighted by atomic mass is 10.0. The van der Waals surface area contributed by atoms with Crippen molar-refractivity contribution < 1.29 is 4.79 Å². The van der Waals surface area contributed by atoms with Gasteiger partial charge in [-0.05, 0) is 56.9 Å². The van der Waals surface area contributed by atoms with E-state index in [-0.39, 0.29) is 5.91 Å². The Hall–Kier alpha value is -2.69. The van der Waals surface area contributed by atoms with E-state index in [2.05, 4.69) is 43.3 Å². The SMILES string of the molecule is Cc1cc(C)c2nc(-n3nc(C)cc3NC(=O)CC(C)C)cc(C)c2c1. The van der Waals surface area contributed by atoms with Gasteiger partial charge >= 0.3 is 0 Å². The van der Waals surface area contributed by atoms with Gasteiger partial charge in [0.25, 0.3) is 0 Å². The number of hydrogen-bond acceptors (Lipinski definition) is 3. The molecule has 5 heteroatoms. The number of carbonyl (C=O) groups excluding carboxylic acids is 1. The third kappa shape index (κ3) is 3.62. The van der Waals surface area contributed by atoms with Gasteiger partial charge in [-0.3, -0.25) is 4.79 Å². The molecule has 2 heterocycles. The van der Waals surface area contributed by atoms with E-state index in [9.17, 15) is 4.79 Å². The number of carbonyl (C=O) groups is 1. The molecular formula is C21H26N4O.